The lowest BCUT2D eigenvalue weighted by Crippen LogP contribution is -2.28. The number of aryl methyl sites for hydroxylation is 3. The molecule has 0 saturated heterocycles. The van der Waals surface area contributed by atoms with Crippen LogP contribution in [-0.2, 0) is 16.4 Å². The number of aromatic nitrogens is 4. The van der Waals surface area contributed by atoms with E-state index in [4.69, 9.17) is 0 Å². The number of nitrogens with zero attached hydrogens (tertiary/aromatic N) is 3. The van der Waals surface area contributed by atoms with Gasteiger partial charge in [0, 0.05) is 16.8 Å². The first-order chi connectivity index (χ1) is 16.8. The van der Waals surface area contributed by atoms with Gasteiger partial charge in [-0.05, 0) is 84.5 Å². The highest BCUT2D eigenvalue weighted by molar-refractivity contribution is 7.92. The molecule has 1 aromatic heterocycles. The van der Waals surface area contributed by atoms with Gasteiger partial charge in [-0.3, -0.25) is 9.52 Å². The summed E-state index contributed by atoms with van der Waals surface area (Å²) >= 11 is 0. The Morgan fingerprint density at radius 2 is 1.91 bits per heavy atom. The van der Waals surface area contributed by atoms with Gasteiger partial charge in [0.2, 0.25) is 5.82 Å². The molecular formula is C25H24N6O3S. The van der Waals surface area contributed by atoms with Crippen LogP contribution >= 0.6 is 0 Å². The summed E-state index contributed by atoms with van der Waals surface area (Å²) in [7, 11) is -3.85. The summed E-state index contributed by atoms with van der Waals surface area (Å²) < 4.78 is 28.5. The van der Waals surface area contributed by atoms with E-state index in [9.17, 15) is 13.2 Å². The standard InChI is InChI=1S/C25H24N6O3S/c1-15-4-3-5-19(12-15)29-35(33,34)20-9-6-16(2)22(14-20)25(32)26-23-11-8-17-13-18(7-10-21(17)23)24-27-30-31-28-24/h3-7,9-10,12-14,23,29H,8,11H2,1-2H3,(H,26,32)(H,27,28,30,31). The van der Waals surface area contributed by atoms with Crippen molar-refractivity contribution in [2.24, 2.45) is 0 Å². The molecule has 0 fully saturated rings. The molecule has 1 heterocycles. The summed E-state index contributed by atoms with van der Waals surface area (Å²) in [5.41, 5.74) is 5.45. The lowest BCUT2D eigenvalue weighted by atomic mass is 10.0. The van der Waals surface area contributed by atoms with Crippen molar-refractivity contribution >= 4 is 21.6 Å². The maximum absolute atomic E-state index is 13.2. The Bertz CT molecular complexity index is 1520. The zero-order valence-corrected chi connectivity index (χ0v) is 20.1. The van der Waals surface area contributed by atoms with Crippen molar-refractivity contribution in [3.8, 4) is 11.4 Å². The number of carbonyl (C=O) groups excluding carboxylic acids is 1. The molecule has 178 valence electrons. The number of carbonyl (C=O) groups is 1. The van der Waals surface area contributed by atoms with Crippen LogP contribution in [0, 0.1) is 13.8 Å². The van der Waals surface area contributed by atoms with Crippen molar-refractivity contribution in [2.75, 3.05) is 4.72 Å². The SMILES string of the molecule is Cc1cccc(NS(=O)(=O)c2ccc(C)c(C(=O)NC3CCc4cc(-c5nn[nH]n5)ccc43)c2)c1. The Kier molecular flexibility index (Phi) is 5.81. The molecule has 0 saturated carbocycles. The average molecular weight is 489 g/mol. The zero-order valence-electron chi connectivity index (χ0n) is 19.2. The van der Waals surface area contributed by atoms with Crippen molar-refractivity contribution in [3.05, 3.63) is 88.5 Å². The molecule has 1 aliphatic carbocycles. The molecule has 1 aliphatic rings. The summed E-state index contributed by atoms with van der Waals surface area (Å²) in [5.74, 6) is 0.211. The highest BCUT2D eigenvalue weighted by Crippen LogP contribution is 2.34. The minimum atomic E-state index is -3.85. The maximum atomic E-state index is 13.2. The van der Waals surface area contributed by atoms with E-state index in [1.54, 1.807) is 31.2 Å². The largest absolute Gasteiger partial charge is 0.345 e. The third-order valence-electron chi connectivity index (χ3n) is 6.16. The molecule has 0 spiro atoms. The molecule has 1 unspecified atom stereocenters. The second-order valence-electron chi connectivity index (χ2n) is 8.67. The minimum absolute atomic E-state index is 0.0336. The summed E-state index contributed by atoms with van der Waals surface area (Å²) in [5, 5.41) is 17.2. The van der Waals surface area contributed by atoms with Crippen LogP contribution in [0.15, 0.2) is 65.6 Å². The van der Waals surface area contributed by atoms with Crippen LogP contribution < -0.4 is 10.0 Å². The van der Waals surface area contributed by atoms with Crippen molar-refractivity contribution in [2.45, 2.75) is 37.6 Å². The quantitative estimate of drug-likeness (QED) is 0.379. The number of hydrogen-bond donors (Lipinski definition) is 3. The highest BCUT2D eigenvalue weighted by atomic mass is 32.2. The molecule has 10 heteroatoms. The summed E-state index contributed by atoms with van der Waals surface area (Å²) in [6, 6.07) is 17.4. The highest BCUT2D eigenvalue weighted by Gasteiger charge is 2.26. The van der Waals surface area contributed by atoms with Gasteiger partial charge in [0.05, 0.1) is 10.9 Å². The van der Waals surface area contributed by atoms with Gasteiger partial charge in [-0.2, -0.15) is 5.21 Å². The number of fused-ring (bicyclic) bond motifs is 1. The molecule has 1 atom stereocenters. The molecule has 0 aliphatic heterocycles. The molecule has 0 bridgehead atoms. The van der Waals surface area contributed by atoms with Gasteiger partial charge in [0.15, 0.2) is 0 Å². The molecule has 3 aromatic carbocycles. The minimum Gasteiger partial charge on any atom is -0.345 e. The topological polar surface area (TPSA) is 130 Å². The van der Waals surface area contributed by atoms with E-state index in [1.165, 1.54) is 12.1 Å². The number of sulfonamides is 1. The molecule has 9 nitrogen and oxygen atoms in total. The molecule has 1 amide bonds. The van der Waals surface area contributed by atoms with E-state index in [1.807, 2.05) is 31.2 Å². The fourth-order valence-corrected chi connectivity index (χ4v) is 5.44. The molecular weight excluding hydrogens is 464 g/mol. The van der Waals surface area contributed by atoms with E-state index in [-0.39, 0.29) is 16.8 Å². The second kappa shape index (κ2) is 8.95. The number of rotatable bonds is 6. The predicted molar refractivity (Wildman–Crippen MR) is 131 cm³/mol. The van der Waals surface area contributed by atoms with Gasteiger partial charge in [-0.25, -0.2) is 8.42 Å². The van der Waals surface area contributed by atoms with E-state index < -0.39 is 10.0 Å². The van der Waals surface area contributed by atoms with Crippen molar-refractivity contribution in [3.63, 3.8) is 0 Å². The molecule has 35 heavy (non-hydrogen) atoms. The smallest absolute Gasteiger partial charge is 0.261 e. The van der Waals surface area contributed by atoms with Crippen LogP contribution in [0.25, 0.3) is 11.4 Å². The van der Waals surface area contributed by atoms with Crippen LogP contribution in [0.4, 0.5) is 5.69 Å². The Morgan fingerprint density at radius 3 is 2.69 bits per heavy atom. The molecule has 4 aromatic rings. The summed E-state index contributed by atoms with van der Waals surface area (Å²) in [4.78, 5) is 13.2. The number of tetrazole rings is 1. The number of hydrogen-bond acceptors (Lipinski definition) is 6. The number of nitrogens with one attached hydrogen (secondary N) is 3. The van der Waals surface area contributed by atoms with Gasteiger partial charge in [-0.1, -0.05) is 30.3 Å². The Hall–Kier alpha value is -4.05. The summed E-state index contributed by atoms with van der Waals surface area (Å²) in [6.07, 6.45) is 1.56. The van der Waals surface area contributed by atoms with Gasteiger partial charge in [-0.15, -0.1) is 10.2 Å². The molecule has 0 radical (unpaired) electrons. The van der Waals surface area contributed by atoms with Crippen molar-refractivity contribution in [1.82, 2.24) is 25.9 Å². The normalized spacial score (nSPS) is 15.0. The third-order valence-corrected chi connectivity index (χ3v) is 7.54. The zero-order chi connectivity index (χ0) is 24.6. The van der Waals surface area contributed by atoms with Crippen LogP contribution in [-0.4, -0.2) is 34.9 Å². The fourth-order valence-electron chi connectivity index (χ4n) is 4.36. The molecule has 3 N–H and O–H groups in total. The Balaban J connectivity index is 1.36. The predicted octanol–water partition coefficient (Wildman–Crippen LogP) is 3.70. The van der Waals surface area contributed by atoms with Crippen LogP contribution in [0.3, 0.4) is 0 Å². The van der Waals surface area contributed by atoms with E-state index in [0.29, 0.717) is 22.6 Å². The van der Waals surface area contributed by atoms with Gasteiger partial charge in [0.25, 0.3) is 15.9 Å². The van der Waals surface area contributed by atoms with Crippen LogP contribution in [0.5, 0.6) is 0 Å². The van der Waals surface area contributed by atoms with E-state index >= 15 is 0 Å². The van der Waals surface area contributed by atoms with Gasteiger partial charge in [0.1, 0.15) is 0 Å². The van der Waals surface area contributed by atoms with Gasteiger partial charge >= 0.3 is 0 Å². The number of amides is 1. The maximum Gasteiger partial charge on any atom is 0.261 e. The first kappa shape index (κ1) is 22.7. The van der Waals surface area contributed by atoms with E-state index in [2.05, 4.69) is 30.7 Å². The first-order valence-corrected chi connectivity index (χ1v) is 12.7. The number of benzene rings is 3. The number of H-pyrrole nitrogens is 1. The lowest BCUT2D eigenvalue weighted by molar-refractivity contribution is 0.0936. The summed E-state index contributed by atoms with van der Waals surface area (Å²) in [6.45, 7) is 3.68. The van der Waals surface area contributed by atoms with Crippen molar-refractivity contribution in [1.29, 1.82) is 0 Å². The van der Waals surface area contributed by atoms with Crippen molar-refractivity contribution < 1.29 is 13.2 Å². The average Bonchev–Trinajstić information content (AvgIpc) is 3.49. The Labute approximate surface area is 203 Å². The van der Waals surface area contributed by atoms with E-state index in [0.717, 1.165) is 35.1 Å². The van der Waals surface area contributed by atoms with Crippen LogP contribution in [0.1, 0.15) is 45.1 Å². The second-order valence-corrected chi connectivity index (χ2v) is 10.3. The number of aromatic amines is 1. The monoisotopic (exact) mass is 488 g/mol. The molecule has 5 rings (SSSR count). The fraction of sp³-hybridized carbons (Fsp3) is 0.200. The third kappa shape index (κ3) is 4.65. The number of anilines is 1. The lowest BCUT2D eigenvalue weighted by Gasteiger charge is -2.16. The first-order valence-electron chi connectivity index (χ1n) is 11.2. The van der Waals surface area contributed by atoms with Gasteiger partial charge < -0.3 is 5.32 Å². The Morgan fingerprint density at radius 1 is 1.06 bits per heavy atom. The van der Waals surface area contributed by atoms with Crippen LogP contribution in [0.2, 0.25) is 0 Å².